The maximum Gasteiger partial charge on any atom is 0.234 e. The molecule has 0 amide bonds. The minimum Gasteiger partial charge on any atom is -0.284 e. The highest BCUT2D eigenvalue weighted by molar-refractivity contribution is 5.71. The molecule has 0 bridgehead atoms. The predicted octanol–water partition coefficient (Wildman–Crippen LogP) is 4.37. The van der Waals surface area contributed by atoms with Crippen molar-refractivity contribution in [3.8, 4) is 22.5 Å². The van der Waals surface area contributed by atoms with Gasteiger partial charge in [-0.05, 0) is 24.6 Å². The second-order valence-electron chi connectivity index (χ2n) is 5.36. The molecule has 0 spiro atoms. The van der Waals surface area contributed by atoms with Gasteiger partial charge in [-0.15, -0.1) is 0 Å². The van der Waals surface area contributed by atoms with E-state index >= 15 is 0 Å². The van der Waals surface area contributed by atoms with Crippen LogP contribution in [0, 0.1) is 6.92 Å². The lowest BCUT2D eigenvalue weighted by Gasteiger charge is -2.09. The zero-order chi connectivity index (χ0) is 14.9. The van der Waals surface area contributed by atoms with Crippen LogP contribution in [0.25, 0.3) is 28.3 Å². The van der Waals surface area contributed by atoms with E-state index in [0.717, 1.165) is 22.7 Å². The number of nitrogens with zero attached hydrogens (tertiary/aromatic N) is 3. The van der Waals surface area contributed by atoms with E-state index in [1.807, 2.05) is 28.8 Å². The molecule has 0 radical (unpaired) electrons. The van der Waals surface area contributed by atoms with Gasteiger partial charge in [-0.2, -0.15) is 0 Å². The van der Waals surface area contributed by atoms with Crippen LogP contribution in [0.1, 0.15) is 5.56 Å². The second kappa shape index (κ2) is 5.11. The molecule has 0 saturated carbocycles. The van der Waals surface area contributed by atoms with Crippen molar-refractivity contribution in [3.05, 3.63) is 78.6 Å². The Morgan fingerprint density at radius 1 is 0.864 bits per heavy atom. The van der Waals surface area contributed by atoms with E-state index in [9.17, 15) is 0 Å². The zero-order valence-electron chi connectivity index (χ0n) is 12.3. The van der Waals surface area contributed by atoms with E-state index in [4.69, 9.17) is 0 Å². The van der Waals surface area contributed by atoms with Crippen molar-refractivity contribution in [2.45, 2.75) is 6.92 Å². The average Bonchev–Trinajstić information content (AvgIpc) is 3.03. The van der Waals surface area contributed by atoms with Crippen LogP contribution >= 0.6 is 0 Å². The predicted molar refractivity (Wildman–Crippen MR) is 88.6 cm³/mol. The van der Waals surface area contributed by atoms with Gasteiger partial charge < -0.3 is 0 Å². The Bertz CT molecular complexity index is 939. The van der Waals surface area contributed by atoms with Crippen LogP contribution in [0.2, 0.25) is 0 Å². The smallest absolute Gasteiger partial charge is 0.234 e. The van der Waals surface area contributed by atoms with E-state index < -0.39 is 0 Å². The lowest BCUT2D eigenvalue weighted by atomic mass is 10.1. The van der Waals surface area contributed by atoms with Gasteiger partial charge in [0, 0.05) is 18.0 Å². The van der Waals surface area contributed by atoms with Crippen molar-refractivity contribution in [1.29, 1.82) is 0 Å². The monoisotopic (exact) mass is 285 g/mol. The first-order valence-corrected chi connectivity index (χ1v) is 7.28. The number of fused-ring (bicyclic) bond motifs is 1. The summed E-state index contributed by atoms with van der Waals surface area (Å²) in [6, 6.07) is 20.8. The first-order valence-electron chi connectivity index (χ1n) is 7.28. The Morgan fingerprint density at radius 2 is 1.68 bits per heavy atom. The second-order valence-corrected chi connectivity index (χ2v) is 5.36. The van der Waals surface area contributed by atoms with E-state index in [2.05, 4.69) is 59.4 Å². The lowest BCUT2D eigenvalue weighted by molar-refractivity contribution is 1.12. The van der Waals surface area contributed by atoms with Crippen LogP contribution in [-0.4, -0.2) is 14.4 Å². The number of imidazole rings is 1. The molecule has 0 aliphatic carbocycles. The molecule has 4 rings (SSSR count). The summed E-state index contributed by atoms with van der Waals surface area (Å²) in [5.74, 6) is 0.720. The van der Waals surface area contributed by atoms with Crippen molar-refractivity contribution >= 4 is 5.78 Å². The summed E-state index contributed by atoms with van der Waals surface area (Å²) >= 11 is 0. The fraction of sp³-hybridized carbons (Fsp3) is 0.0526. The summed E-state index contributed by atoms with van der Waals surface area (Å²) in [5, 5.41) is 0. The third-order valence-electron chi connectivity index (χ3n) is 3.76. The molecule has 22 heavy (non-hydrogen) atoms. The molecular formula is C19H15N3. The molecule has 3 nitrogen and oxygen atoms in total. The Labute approximate surface area is 128 Å². The van der Waals surface area contributed by atoms with Gasteiger partial charge in [-0.1, -0.05) is 54.1 Å². The molecule has 0 unspecified atom stereocenters. The van der Waals surface area contributed by atoms with Gasteiger partial charge in [0.15, 0.2) is 0 Å². The SMILES string of the molecule is Cc1cccc(-c2cc(-c3ccccc3)nc3nccn23)c1. The maximum atomic E-state index is 4.67. The largest absolute Gasteiger partial charge is 0.284 e. The summed E-state index contributed by atoms with van der Waals surface area (Å²) in [5.41, 5.74) is 5.55. The molecule has 0 saturated heterocycles. The summed E-state index contributed by atoms with van der Waals surface area (Å²) in [6.07, 6.45) is 3.74. The normalized spacial score (nSPS) is 11.0. The van der Waals surface area contributed by atoms with Crippen molar-refractivity contribution in [2.24, 2.45) is 0 Å². The van der Waals surface area contributed by atoms with Crippen molar-refractivity contribution in [1.82, 2.24) is 14.4 Å². The van der Waals surface area contributed by atoms with Gasteiger partial charge >= 0.3 is 0 Å². The molecule has 4 aromatic rings. The molecule has 2 aromatic heterocycles. The Kier molecular flexibility index (Phi) is 2.97. The first kappa shape index (κ1) is 12.8. The molecule has 2 aromatic carbocycles. The number of aryl methyl sites for hydroxylation is 1. The third kappa shape index (κ3) is 2.17. The fourth-order valence-electron chi connectivity index (χ4n) is 2.69. The van der Waals surface area contributed by atoms with Crippen LogP contribution in [-0.2, 0) is 0 Å². The molecule has 106 valence electrons. The highest BCUT2D eigenvalue weighted by Gasteiger charge is 2.09. The van der Waals surface area contributed by atoms with E-state index in [-0.39, 0.29) is 0 Å². The minimum atomic E-state index is 0.720. The maximum absolute atomic E-state index is 4.67. The molecule has 0 aliphatic rings. The fourth-order valence-corrected chi connectivity index (χ4v) is 2.69. The molecule has 0 aliphatic heterocycles. The lowest BCUT2D eigenvalue weighted by Crippen LogP contribution is -1.96. The van der Waals surface area contributed by atoms with E-state index in [1.165, 1.54) is 11.1 Å². The highest BCUT2D eigenvalue weighted by atomic mass is 15.1. The van der Waals surface area contributed by atoms with Crippen LogP contribution in [0.3, 0.4) is 0 Å². The van der Waals surface area contributed by atoms with E-state index in [0.29, 0.717) is 0 Å². The first-order chi connectivity index (χ1) is 10.8. The van der Waals surface area contributed by atoms with Gasteiger partial charge in [0.2, 0.25) is 5.78 Å². The summed E-state index contributed by atoms with van der Waals surface area (Å²) < 4.78 is 2.03. The standard InChI is InChI=1S/C19H15N3/c1-14-6-5-9-16(12-14)18-13-17(15-7-3-2-4-8-15)21-19-20-10-11-22(18)19/h2-13H,1H3. The number of aromatic nitrogens is 3. The van der Waals surface area contributed by atoms with E-state index in [1.54, 1.807) is 6.20 Å². The molecule has 2 heterocycles. The van der Waals surface area contributed by atoms with Crippen LogP contribution in [0.15, 0.2) is 73.1 Å². The molecular weight excluding hydrogens is 270 g/mol. The number of hydrogen-bond acceptors (Lipinski definition) is 2. The quantitative estimate of drug-likeness (QED) is 0.547. The minimum absolute atomic E-state index is 0.720. The Balaban J connectivity index is 1.99. The number of hydrogen-bond donors (Lipinski definition) is 0. The summed E-state index contributed by atoms with van der Waals surface area (Å²) in [6.45, 7) is 2.11. The molecule has 0 atom stereocenters. The number of benzene rings is 2. The van der Waals surface area contributed by atoms with Crippen LogP contribution in [0.4, 0.5) is 0 Å². The van der Waals surface area contributed by atoms with Gasteiger partial charge in [-0.3, -0.25) is 4.40 Å². The van der Waals surface area contributed by atoms with Gasteiger partial charge in [0.1, 0.15) is 0 Å². The molecule has 3 heteroatoms. The average molecular weight is 285 g/mol. The zero-order valence-corrected chi connectivity index (χ0v) is 12.3. The summed E-state index contributed by atoms with van der Waals surface area (Å²) in [4.78, 5) is 9.03. The number of rotatable bonds is 2. The summed E-state index contributed by atoms with van der Waals surface area (Å²) in [7, 11) is 0. The van der Waals surface area contributed by atoms with Gasteiger partial charge in [-0.25, -0.2) is 9.97 Å². The topological polar surface area (TPSA) is 30.2 Å². The van der Waals surface area contributed by atoms with Gasteiger partial charge in [0.05, 0.1) is 11.4 Å². The molecule has 0 fully saturated rings. The van der Waals surface area contributed by atoms with Crippen molar-refractivity contribution < 1.29 is 0 Å². The van der Waals surface area contributed by atoms with Gasteiger partial charge in [0.25, 0.3) is 0 Å². The third-order valence-corrected chi connectivity index (χ3v) is 3.76. The van der Waals surface area contributed by atoms with Crippen LogP contribution in [0.5, 0.6) is 0 Å². The highest BCUT2D eigenvalue weighted by Crippen LogP contribution is 2.26. The van der Waals surface area contributed by atoms with Crippen LogP contribution < -0.4 is 0 Å². The Hall–Kier alpha value is -2.94. The van der Waals surface area contributed by atoms with Crippen molar-refractivity contribution in [2.75, 3.05) is 0 Å². The Morgan fingerprint density at radius 3 is 2.50 bits per heavy atom. The molecule has 0 N–H and O–H groups in total. The van der Waals surface area contributed by atoms with Crippen molar-refractivity contribution in [3.63, 3.8) is 0 Å².